The van der Waals surface area contributed by atoms with E-state index in [9.17, 15) is 0 Å². The van der Waals surface area contributed by atoms with E-state index in [1.54, 1.807) is 7.11 Å². The molecule has 1 atom stereocenters. The number of rotatable bonds is 4. The smallest absolute Gasteiger partial charge is 0.122 e. The molecule has 0 saturated heterocycles. The van der Waals surface area contributed by atoms with Crippen LogP contribution in [0.25, 0.3) is 0 Å². The molecule has 1 saturated carbocycles. The highest BCUT2D eigenvalue weighted by Gasteiger charge is 2.25. The fourth-order valence-electron chi connectivity index (χ4n) is 2.20. The van der Waals surface area contributed by atoms with Crippen LogP contribution in [0.2, 0.25) is 0 Å². The lowest BCUT2D eigenvalue weighted by Crippen LogP contribution is -2.36. The number of methoxy groups -OCH3 is 1. The third-order valence-corrected chi connectivity index (χ3v) is 3.95. The van der Waals surface area contributed by atoms with Gasteiger partial charge in [-0.2, -0.15) is 0 Å². The Bertz CT molecular complexity index is 363. The fraction of sp³-hybridized carbons (Fsp3) is 0.538. The number of benzene rings is 1. The van der Waals surface area contributed by atoms with Gasteiger partial charge in [0.05, 0.1) is 7.11 Å². The van der Waals surface area contributed by atoms with Gasteiger partial charge in [0, 0.05) is 10.5 Å². The van der Waals surface area contributed by atoms with Gasteiger partial charge in [-0.15, -0.1) is 0 Å². The summed E-state index contributed by atoms with van der Waals surface area (Å²) in [5.74, 6) is 1.65. The van der Waals surface area contributed by atoms with Gasteiger partial charge in [-0.3, -0.25) is 0 Å². The minimum absolute atomic E-state index is 0.275. The summed E-state index contributed by atoms with van der Waals surface area (Å²) in [5.41, 5.74) is 7.42. The number of hydrogen-bond donors (Lipinski definition) is 1. The highest BCUT2D eigenvalue weighted by molar-refractivity contribution is 9.10. The average molecular weight is 284 g/mol. The molecular formula is C13H18BrNO. The molecule has 16 heavy (non-hydrogen) atoms. The van der Waals surface area contributed by atoms with Gasteiger partial charge in [0.1, 0.15) is 5.75 Å². The van der Waals surface area contributed by atoms with Crippen molar-refractivity contribution < 1.29 is 4.74 Å². The summed E-state index contributed by atoms with van der Waals surface area (Å²) < 4.78 is 6.44. The van der Waals surface area contributed by atoms with Crippen LogP contribution in [0.15, 0.2) is 22.7 Å². The van der Waals surface area contributed by atoms with Gasteiger partial charge in [0.25, 0.3) is 0 Å². The Hall–Kier alpha value is -0.540. The third kappa shape index (κ3) is 2.58. The van der Waals surface area contributed by atoms with Gasteiger partial charge >= 0.3 is 0 Å². The molecule has 1 aliphatic carbocycles. The largest absolute Gasteiger partial charge is 0.496 e. The van der Waals surface area contributed by atoms with E-state index < -0.39 is 0 Å². The predicted molar refractivity (Wildman–Crippen MR) is 69.7 cm³/mol. The molecule has 1 aromatic rings. The Morgan fingerprint density at radius 2 is 2.25 bits per heavy atom. The van der Waals surface area contributed by atoms with E-state index in [4.69, 9.17) is 10.5 Å². The monoisotopic (exact) mass is 283 g/mol. The number of halogens is 1. The van der Waals surface area contributed by atoms with Crippen molar-refractivity contribution >= 4 is 15.9 Å². The van der Waals surface area contributed by atoms with Crippen molar-refractivity contribution in [1.82, 2.24) is 0 Å². The molecule has 3 heteroatoms. The molecule has 0 radical (unpaired) electrons. The van der Waals surface area contributed by atoms with Crippen LogP contribution in [0.1, 0.15) is 24.8 Å². The fourth-order valence-corrected chi connectivity index (χ4v) is 2.60. The molecule has 1 fully saturated rings. The minimum Gasteiger partial charge on any atom is -0.496 e. The maximum absolute atomic E-state index is 6.21. The molecule has 0 aromatic heterocycles. The van der Waals surface area contributed by atoms with Gasteiger partial charge in [0.15, 0.2) is 0 Å². The van der Waals surface area contributed by atoms with Crippen LogP contribution in [0.3, 0.4) is 0 Å². The standard InChI is InChI=1S/C13H18BrNO/c1-16-13-6-5-11(14)7-10(13)8-12(15)9-3-2-4-9/h5-7,9,12H,2-4,8,15H2,1H3. The summed E-state index contributed by atoms with van der Waals surface area (Å²) in [5, 5.41) is 0. The van der Waals surface area contributed by atoms with Crippen molar-refractivity contribution in [3.05, 3.63) is 28.2 Å². The summed E-state index contributed by atoms with van der Waals surface area (Å²) >= 11 is 3.49. The van der Waals surface area contributed by atoms with E-state index in [1.165, 1.54) is 24.8 Å². The Kier molecular flexibility index (Phi) is 3.87. The molecule has 1 unspecified atom stereocenters. The summed E-state index contributed by atoms with van der Waals surface area (Å²) in [6.07, 6.45) is 4.83. The van der Waals surface area contributed by atoms with Crippen LogP contribution in [0.4, 0.5) is 0 Å². The first-order chi connectivity index (χ1) is 7.70. The van der Waals surface area contributed by atoms with Crippen molar-refractivity contribution in [1.29, 1.82) is 0 Å². The minimum atomic E-state index is 0.275. The Morgan fingerprint density at radius 1 is 1.50 bits per heavy atom. The number of ether oxygens (including phenoxy) is 1. The molecule has 0 aliphatic heterocycles. The van der Waals surface area contributed by atoms with Crippen molar-refractivity contribution in [3.63, 3.8) is 0 Å². The lowest BCUT2D eigenvalue weighted by molar-refractivity contribution is 0.259. The van der Waals surface area contributed by atoms with Gasteiger partial charge < -0.3 is 10.5 Å². The van der Waals surface area contributed by atoms with E-state index in [1.807, 2.05) is 12.1 Å². The maximum Gasteiger partial charge on any atom is 0.122 e. The molecule has 0 bridgehead atoms. The normalized spacial score (nSPS) is 17.9. The highest BCUT2D eigenvalue weighted by atomic mass is 79.9. The SMILES string of the molecule is COc1ccc(Br)cc1CC(N)C1CCC1. The lowest BCUT2D eigenvalue weighted by atomic mass is 9.78. The molecule has 0 spiro atoms. The quantitative estimate of drug-likeness (QED) is 0.922. The number of hydrogen-bond acceptors (Lipinski definition) is 2. The van der Waals surface area contributed by atoms with Crippen LogP contribution < -0.4 is 10.5 Å². The molecule has 1 aliphatic rings. The van der Waals surface area contributed by atoms with Crippen LogP contribution >= 0.6 is 15.9 Å². The van der Waals surface area contributed by atoms with E-state index in [-0.39, 0.29) is 6.04 Å². The summed E-state index contributed by atoms with van der Waals surface area (Å²) in [6, 6.07) is 6.37. The first-order valence-electron chi connectivity index (χ1n) is 5.78. The van der Waals surface area contributed by atoms with Crippen molar-refractivity contribution in [2.75, 3.05) is 7.11 Å². The average Bonchev–Trinajstić information content (AvgIpc) is 2.15. The van der Waals surface area contributed by atoms with Gasteiger partial charge in [-0.25, -0.2) is 0 Å². The van der Waals surface area contributed by atoms with E-state index in [0.717, 1.165) is 16.6 Å². The zero-order valence-electron chi connectivity index (χ0n) is 9.58. The molecule has 0 heterocycles. The van der Waals surface area contributed by atoms with E-state index in [0.29, 0.717) is 5.92 Å². The van der Waals surface area contributed by atoms with Crippen LogP contribution in [0.5, 0.6) is 5.75 Å². The predicted octanol–water partition coefficient (Wildman–Crippen LogP) is 3.13. The highest BCUT2D eigenvalue weighted by Crippen LogP contribution is 2.32. The zero-order valence-corrected chi connectivity index (χ0v) is 11.2. The van der Waals surface area contributed by atoms with Crippen molar-refractivity contribution in [3.8, 4) is 5.75 Å². The third-order valence-electron chi connectivity index (χ3n) is 3.45. The molecule has 88 valence electrons. The first-order valence-corrected chi connectivity index (χ1v) is 6.58. The first kappa shape index (κ1) is 11.9. The van der Waals surface area contributed by atoms with Gasteiger partial charge in [0.2, 0.25) is 0 Å². The van der Waals surface area contributed by atoms with E-state index >= 15 is 0 Å². The summed E-state index contributed by atoms with van der Waals surface area (Å²) in [4.78, 5) is 0. The van der Waals surface area contributed by atoms with Gasteiger partial charge in [-0.1, -0.05) is 22.4 Å². The topological polar surface area (TPSA) is 35.2 Å². The second-order valence-corrected chi connectivity index (χ2v) is 5.43. The number of nitrogens with two attached hydrogens (primary N) is 1. The summed E-state index contributed by atoms with van der Waals surface area (Å²) in [6.45, 7) is 0. The molecule has 2 rings (SSSR count). The Morgan fingerprint density at radius 3 is 2.81 bits per heavy atom. The van der Waals surface area contributed by atoms with E-state index in [2.05, 4.69) is 22.0 Å². The van der Waals surface area contributed by atoms with Gasteiger partial charge in [-0.05, 0) is 48.9 Å². The van der Waals surface area contributed by atoms with Crippen molar-refractivity contribution in [2.45, 2.75) is 31.7 Å². The maximum atomic E-state index is 6.21. The molecule has 2 nitrogen and oxygen atoms in total. The lowest BCUT2D eigenvalue weighted by Gasteiger charge is -2.31. The Labute approximate surface area is 105 Å². The van der Waals surface area contributed by atoms with Crippen LogP contribution in [-0.4, -0.2) is 13.2 Å². The molecule has 2 N–H and O–H groups in total. The zero-order chi connectivity index (χ0) is 11.5. The second-order valence-electron chi connectivity index (χ2n) is 4.52. The molecule has 0 amide bonds. The summed E-state index contributed by atoms with van der Waals surface area (Å²) in [7, 11) is 1.71. The Balaban J connectivity index is 2.09. The van der Waals surface area contributed by atoms with Crippen molar-refractivity contribution in [2.24, 2.45) is 11.7 Å². The molecule has 1 aromatic carbocycles. The second kappa shape index (κ2) is 5.19. The molecular weight excluding hydrogens is 266 g/mol. The van der Waals surface area contributed by atoms with Crippen LogP contribution in [-0.2, 0) is 6.42 Å². The van der Waals surface area contributed by atoms with Crippen LogP contribution in [0, 0.1) is 5.92 Å².